The Kier molecular flexibility index (Phi) is 4.22. The van der Waals surface area contributed by atoms with E-state index in [9.17, 15) is 5.11 Å². The molecule has 0 aliphatic heterocycles. The Morgan fingerprint density at radius 2 is 1.94 bits per heavy atom. The minimum atomic E-state index is -0.0243. The Labute approximate surface area is 103 Å². The minimum absolute atomic E-state index is 0.0243. The number of nitrogens with zero attached hydrogens (tertiary/aromatic N) is 1. The van der Waals surface area contributed by atoms with Crippen LogP contribution in [-0.4, -0.2) is 18.7 Å². The predicted octanol–water partition coefficient (Wildman–Crippen LogP) is 3.31. The molecule has 0 atom stereocenters. The second-order valence-corrected chi connectivity index (χ2v) is 5.72. The fourth-order valence-corrected chi connectivity index (χ4v) is 2.09. The monoisotopic (exact) mass is 241 g/mol. The largest absolute Gasteiger partial charge is 0.392 e. The van der Waals surface area contributed by atoms with E-state index in [1.165, 1.54) is 0 Å². The normalized spacial score (nSPS) is 11.6. The Morgan fingerprint density at radius 3 is 2.44 bits per heavy atom. The molecule has 0 radical (unpaired) electrons. The maximum atomic E-state index is 9.34. The standard InChI is InChI=1S/C13H20ClNO/c1-13(2,3)9-15(4)12-7-5-6-11(14)10(12)8-16/h5-7,16H,8-9H2,1-4H3. The maximum absolute atomic E-state index is 9.34. The van der Waals surface area contributed by atoms with Crippen LogP contribution >= 0.6 is 11.6 Å². The van der Waals surface area contributed by atoms with E-state index in [1.807, 2.05) is 25.2 Å². The van der Waals surface area contributed by atoms with Crippen molar-refractivity contribution in [3.63, 3.8) is 0 Å². The van der Waals surface area contributed by atoms with Gasteiger partial charge in [-0.3, -0.25) is 0 Å². The molecule has 0 saturated heterocycles. The Bertz CT molecular complexity index is 357. The third-order valence-corrected chi connectivity index (χ3v) is 2.73. The van der Waals surface area contributed by atoms with E-state index < -0.39 is 0 Å². The highest BCUT2D eigenvalue weighted by atomic mass is 35.5. The first-order valence-electron chi connectivity index (χ1n) is 5.44. The number of aliphatic hydroxyl groups excluding tert-OH is 1. The molecule has 0 aliphatic rings. The number of hydrogen-bond acceptors (Lipinski definition) is 2. The number of halogens is 1. The van der Waals surface area contributed by atoms with Crippen LogP contribution in [-0.2, 0) is 6.61 Å². The van der Waals surface area contributed by atoms with Crippen LogP contribution in [0, 0.1) is 5.41 Å². The molecule has 0 spiro atoms. The van der Waals surface area contributed by atoms with Gasteiger partial charge in [0.15, 0.2) is 0 Å². The lowest BCUT2D eigenvalue weighted by molar-refractivity contribution is 0.282. The molecule has 1 rings (SSSR count). The number of rotatable bonds is 3. The van der Waals surface area contributed by atoms with Gasteiger partial charge in [0.1, 0.15) is 0 Å². The number of aliphatic hydroxyl groups is 1. The summed E-state index contributed by atoms with van der Waals surface area (Å²) in [7, 11) is 2.02. The van der Waals surface area contributed by atoms with Crippen LogP contribution in [0.5, 0.6) is 0 Å². The van der Waals surface area contributed by atoms with Crippen LogP contribution in [0.4, 0.5) is 5.69 Å². The Balaban J connectivity index is 2.99. The highest BCUT2D eigenvalue weighted by molar-refractivity contribution is 6.31. The molecular weight excluding hydrogens is 222 g/mol. The first kappa shape index (κ1) is 13.3. The van der Waals surface area contributed by atoms with E-state index in [4.69, 9.17) is 11.6 Å². The smallest absolute Gasteiger partial charge is 0.0716 e. The van der Waals surface area contributed by atoms with Crippen molar-refractivity contribution in [3.05, 3.63) is 28.8 Å². The molecule has 0 unspecified atom stereocenters. The molecule has 0 fully saturated rings. The quantitative estimate of drug-likeness (QED) is 0.878. The average molecular weight is 242 g/mol. The number of hydrogen-bond donors (Lipinski definition) is 1. The van der Waals surface area contributed by atoms with E-state index in [0.29, 0.717) is 5.02 Å². The van der Waals surface area contributed by atoms with Gasteiger partial charge in [0.05, 0.1) is 6.61 Å². The summed E-state index contributed by atoms with van der Waals surface area (Å²) in [6.07, 6.45) is 0. The van der Waals surface area contributed by atoms with Gasteiger partial charge in [-0.05, 0) is 17.5 Å². The van der Waals surface area contributed by atoms with Gasteiger partial charge in [-0.2, -0.15) is 0 Å². The molecule has 2 nitrogen and oxygen atoms in total. The zero-order valence-electron chi connectivity index (χ0n) is 10.4. The van der Waals surface area contributed by atoms with Crippen LogP contribution in [0.25, 0.3) is 0 Å². The molecule has 1 N–H and O–H groups in total. The van der Waals surface area contributed by atoms with Crippen LogP contribution in [0.1, 0.15) is 26.3 Å². The number of benzene rings is 1. The summed E-state index contributed by atoms with van der Waals surface area (Å²) in [5, 5.41) is 9.96. The van der Waals surface area contributed by atoms with Gasteiger partial charge in [-0.25, -0.2) is 0 Å². The molecule has 0 amide bonds. The first-order chi connectivity index (χ1) is 7.35. The molecule has 0 aliphatic carbocycles. The van der Waals surface area contributed by atoms with Gasteiger partial charge in [0.25, 0.3) is 0 Å². The van der Waals surface area contributed by atoms with Gasteiger partial charge < -0.3 is 10.0 Å². The van der Waals surface area contributed by atoms with Gasteiger partial charge in [-0.15, -0.1) is 0 Å². The zero-order valence-corrected chi connectivity index (χ0v) is 11.2. The van der Waals surface area contributed by atoms with E-state index in [0.717, 1.165) is 17.8 Å². The zero-order chi connectivity index (χ0) is 12.3. The van der Waals surface area contributed by atoms with Gasteiger partial charge in [0.2, 0.25) is 0 Å². The van der Waals surface area contributed by atoms with Crippen molar-refractivity contribution in [2.24, 2.45) is 5.41 Å². The van der Waals surface area contributed by atoms with Crippen LogP contribution in [0.2, 0.25) is 5.02 Å². The second-order valence-electron chi connectivity index (χ2n) is 5.31. The maximum Gasteiger partial charge on any atom is 0.0716 e. The minimum Gasteiger partial charge on any atom is -0.392 e. The van der Waals surface area contributed by atoms with E-state index in [-0.39, 0.29) is 12.0 Å². The number of anilines is 1. The molecule has 16 heavy (non-hydrogen) atoms. The van der Waals surface area contributed by atoms with Crippen molar-refractivity contribution >= 4 is 17.3 Å². The van der Waals surface area contributed by atoms with E-state index in [1.54, 1.807) is 0 Å². The SMILES string of the molecule is CN(CC(C)(C)C)c1cccc(Cl)c1CO. The third-order valence-electron chi connectivity index (χ3n) is 2.38. The summed E-state index contributed by atoms with van der Waals surface area (Å²) < 4.78 is 0. The Morgan fingerprint density at radius 1 is 1.31 bits per heavy atom. The molecule has 3 heteroatoms. The molecule has 90 valence electrons. The first-order valence-corrected chi connectivity index (χ1v) is 5.82. The van der Waals surface area contributed by atoms with Gasteiger partial charge >= 0.3 is 0 Å². The van der Waals surface area contributed by atoms with Crippen molar-refractivity contribution in [3.8, 4) is 0 Å². The lowest BCUT2D eigenvalue weighted by Crippen LogP contribution is -2.29. The summed E-state index contributed by atoms with van der Waals surface area (Å²) in [4.78, 5) is 2.14. The fraction of sp³-hybridized carbons (Fsp3) is 0.538. The van der Waals surface area contributed by atoms with Crippen LogP contribution in [0.3, 0.4) is 0 Å². The fourth-order valence-electron chi connectivity index (χ4n) is 1.86. The molecular formula is C13H20ClNO. The molecule has 0 aromatic heterocycles. The average Bonchev–Trinajstić information content (AvgIpc) is 2.14. The summed E-state index contributed by atoms with van der Waals surface area (Å²) in [5.41, 5.74) is 2.02. The predicted molar refractivity (Wildman–Crippen MR) is 70.1 cm³/mol. The summed E-state index contributed by atoms with van der Waals surface area (Å²) in [5.74, 6) is 0. The van der Waals surface area contributed by atoms with Gasteiger partial charge in [0, 0.05) is 29.9 Å². The topological polar surface area (TPSA) is 23.5 Å². The molecule has 0 bridgehead atoms. The molecule has 1 aromatic rings. The summed E-state index contributed by atoms with van der Waals surface area (Å²) >= 11 is 6.06. The van der Waals surface area contributed by atoms with Gasteiger partial charge in [-0.1, -0.05) is 38.4 Å². The molecule has 0 saturated carbocycles. The lowest BCUT2D eigenvalue weighted by atomic mass is 9.96. The summed E-state index contributed by atoms with van der Waals surface area (Å²) in [6.45, 7) is 7.45. The van der Waals surface area contributed by atoms with E-state index >= 15 is 0 Å². The molecule has 0 heterocycles. The van der Waals surface area contributed by atoms with Crippen molar-refractivity contribution < 1.29 is 5.11 Å². The van der Waals surface area contributed by atoms with Crippen molar-refractivity contribution in [2.45, 2.75) is 27.4 Å². The van der Waals surface area contributed by atoms with E-state index in [2.05, 4.69) is 25.7 Å². The summed E-state index contributed by atoms with van der Waals surface area (Å²) in [6, 6.07) is 5.71. The highest BCUT2D eigenvalue weighted by Crippen LogP contribution is 2.28. The molecule has 1 aromatic carbocycles. The second kappa shape index (κ2) is 5.07. The van der Waals surface area contributed by atoms with Crippen molar-refractivity contribution in [2.75, 3.05) is 18.5 Å². The van der Waals surface area contributed by atoms with Crippen LogP contribution < -0.4 is 4.90 Å². The van der Waals surface area contributed by atoms with Crippen molar-refractivity contribution in [1.29, 1.82) is 0 Å². The Hall–Kier alpha value is -0.730. The third kappa shape index (κ3) is 3.39. The lowest BCUT2D eigenvalue weighted by Gasteiger charge is -2.29. The van der Waals surface area contributed by atoms with Crippen molar-refractivity contribution in [1.82, 2.24) is 0 Å². The van der Waals surface area contributed by atoms with Crippen LogP contribution in [0.15, 0.2) is 18.2 Å². The highest BCUT2D eigenvalue weighted by Gasteiger charge is 2.16.